The van der Waals surface area contributed by atoms with Crippen LogP contribution in [0.3, 0.4) is 0 Å². The highest BCUT2D eigenvalue weighted by Gasteiger charge is 2.32. The molecule has 5 aromatic rings. The minimum absolute atomic E-state index is 0.00982. The van der Waals surface area contributed by atoms with Crippen molar-refractivity contribution in [2.75, 3.05) is 0 Å². The van der Waals surface area contributed by atoms with Crippen molar-refractivity contribution in [2.45, 2.75) is 18.9 Å². The molecular weight excluding hydrogens is 474 g/mol. The lowest BCUT2D eigenvalue weighted by Crippen LogP contribution is -2.38. The Morgan fingerprint density at radius 2 is 1.80 bits per heavy atom. The number of para-hydroxylation sites is 1. The Balaban J connectivity index is 1.50. The van der Waals surface area contributed by atoms with Gasteiger partial charge in [0.15, 0.2) is 4.80 Å². The molecule has 1 atom stereocenters. The topological polar surface area (TPSA) is 50.1 Å². The van der Waals surface area contributed by atoms with Gasteiger partial charge in [0.25, 0.3) is 5.56 Å². The maximum atomic E-state index is 13.9. The minimum Gasteiger partial charge on any atom is -0.361 e. The molecule has 0 saturated heterocycles. The lowest BCUT2D eigenvalue weighted by molar-refractivity contribution is 0.585. The van der Waals surface area contributed by atoms with Gasteiger partial charge in [0, 0.05) is 33.2 Å². The molecule has 6 heteroatoms. The second-order valence-electron chi connectivity index (χ2n) is 8.95. The number of aromatic nitrogens is 2. The Labute approximate surface area is 210 Å². The number of thiazole rings is 1. The molecule has 2 aliphatic rings. The zero-order valence-electron chi connectivity index (χ0n) is 18.7. The first-order chi connectivity index (χ1) is 17.2. The summed E-state index contributed by atoms with van der Waals surface area (Å²) < 4.78 is 2.56. The third-order valence-electron chi connectivity index (χ3n) is 6.97. The van der Waals surface area contributed by atoms with Gasteiger partial charge >= 0.3 is 0 Å². The molecule has 0 spiro atoms. The number of halogens is 1. The number of fused-ring (bicyclic) bond motifs is 4. The predicted molar refractivity (Wildman–Crippen MR) is 142 cm³/mol. The van der Waals surface area contributed by atoms with Gasteiger partial charge in [-0.15, -0.1) is 0 Å². The Bertz CT molecular complexity index is 1840. The van der Waals surface area contributed by atoms with E-state index in [1.807, 2.05) is 59.3 Å². The monoisotopic (exact) mass is 493 g/mol. The van der Waals surface area contributed by atoms with Gasteiger partial charge in [-0.3, -0.25) is 9.36 Å². The maximum absolute atomic E-state index is 13.9. The van der Waals surface area contributed by atoms with Crippen molar-refractivity contribution < 1.29 is 0 Å². The first kappa shape index (κ1) is 20.7. The highest BCUT2D eigenvalue weighted by atomic mass is 35.5. The van der Waals surface area contributed by atoms with Gasteiger partial charge in [0.1, 0.15) is 0 Å². The zero-order valence-corrected chi connectivity index (χ0v) is 20.2. The fourth-order valence-electron chi connectivity index (χ4n) is 5.32. The first-order valence-electron chi connectivity index (χ1n) is 11.6. The summed E-state index contributed by atoms with van der Waals surface area (Å²) in [4.78, 5) is 23.0. The molecule has 3 aromatic carbocycles. The number of allylic oxidation sites excluding steroid dienone is 1. The van der Waals surface area contributed by atoms with E-state index >= 15 is 0 Å². The summed E-state index contributed by atoms with van der Waals surface area (Å²) in [7, 11) is 0. The van der Waals surface area contributed by atoms with Crippen molar-refractivity contribution >= 4 is 45.6 Å². The molecule has 1 aliphatic carbocycles. The van der Waals surface area contributed by atoms with Crippen molar-refractivity contribution in [3.8, 4) is 0 Å². The van der Waals surface area contributed by atoms with Gasteiger partial charge in [0.05, 0.1) is 16.3 Å². The van der Waals surface area contributed by atoms with E-state index in [4.69, 9.17) is 16.6 Å². The van der Waals surface area contributed by atoms with E-state index in [1.165, 1.54) is 28.0 Å². The lowest BCUT2D eigenvalue weighted by atomic mass is 9.83. The fraction of sp³-hybridized carbons (Fsp3) is 0.103. The highest BCUT2D eigenvalue weighted by Crippen LogP contribution is 2.41. The summed E-state index contributed by atoms with van der Waals surface area (Å²) in [5.74, 6) is 0. The number of aromatic amines is 1. The second kappa shape index (κ2) is 7.94. The molecule has 4 nitrogen and oxygen atoms in total. The quantitative estimate of drug-likeness (QED) is 0.349. The van der Waals surface area contributed by atoms with Crippen molar-refractivity contribution in [3.63, 3.8) is 0 Å². The average molecular weight is 494 g/mol. The van der Waals surface area contributed by atoms with Gasteiger partial charge < -0.3 is 4.98 Å². The molecule has 7 rings (SSSR count). The Hall–Kier alpha value is -3.67. The van der Waals surface area contributed by atoms with E-state index in [9.17, 15) is 4.79 Å². The van der Waals surface area contributed by atoms with Gasteiger partial charge in [-0.2, -0.15) is 0 Å². The van der Waals surface area contributed by atoms with Crippen molar-refractivity contribution in [1.82, 2.24) is 9.55 Å². The normalized spacial score (nSPS) is 17.2. The maximum Gasteiger partial charge on any atom is 0.271 e. The van der Waals surface area contributed by atoms with Gasteiger partial charge in [-0.05, 0) is 53.8 Å². The second-order valence-corrected chi connectivity index (χ2v) is 10.4. The average Bonchev–Trinajstić information content (AvgIpc) is 3.44. The standard InChI is InChI=1S/C29H20ClN3OS/c30-20-12-9-18(10-13-20)27-23-14-11-17-5-1-2-7-22(17)26(23)32-29-33(27)28(34)25(35-29)15-19-16-31-24-8-4-3-6-21(19)24/h1-10,12-13,15-16,27,31H,11,14H2/b25-15+. The lowest BCUT2D eigenvalue weighted by Gasteiger charge is -2.30. The number of nitrogens with zero attached hydrogens (tertiary/aromatic N) is 2. The summed E-state index contributed by atoms with van der Waals surface area (Å²) in [6.45, 7) is 0. The number of aryl methyl sites for hydroxylation is 1. The summed E-state index contributed by atoms with van der Waals surface area (Å²) >= 11 is 7.67. The van der Waals surface area contributed by atoms with Crippen LogP contribution in [0.25, 0.3) is 22.7 Å². The van der Waals surface area contributed by atoms with Crippen LogP contribution >= 0.6 is 22.9 Å². The smallest absolute Gasteiger partial charge is 0.271 e. The minimum atomic E-state index is -0.197. The van der Waals surface area contributed by atoms with E-state index in [0.717, 1.165) is 45.4 Å². The van der Waals surface area contributed by atoms with E-state index in [1.54, 1.807) is 0 Å². The molecule has 170 valence electrons. The van der Waals surface area contributed by atoms with Crippen molar-refractivity contribution in [2.24, 2.45) is 4.99 Å². The van der Waals surface area contributed by atoms with Crippen LogP contribution in [0.15, 0.2) is 94.4 Å². The number of rotatable bonds is 2. The number of hydrogen-bond donors (Lipinski definition) is 1. The van der Waals surface area contributed by atoms with Crippen molar-refractivity contribution in [3.05, 3.63) is 132 Å². The third kappa shape index (κ3) is 3.27. The molecular formula is C29H20ClN3OS. The molecule has 35 heavy (non-hydrogen) atoms. The molecule has 1 unspecified atom stereocenters. The molecule has 0 saturated carbocycles. The van der Waals surface area contributed by atoms with Gasteiger partial charge in [-0.25, -0.2) is 4.99 Å². The van der Waals surface area contributed by atoms with E-state index in [0.29, 0.717) is 9.55 Å². The van der Waals surface area contributed by atoms with Crippen LogP contribution in [0.4, 0.5) is 0 Å². The summed E-state index contributed by atoms with van der Waals surface area (Å²) in [6.07, 6.45) is 5.75. The van der Waals surface area contributed by atoms with Crippen LogP contribution in [0.5, 0.6) is 0 Å². The SMILES string of the molecule is O=c1/c(=C\c2c[nH]c3ccccc23)sc2n1C(c1ccc(Cl)cc1)C1=C(N=2)c2ccccc2CC1. The van der Waals surface area contributed by atoms with Crippen LogP contribution in [-0.4, -0.2) is 9.55 Å². The van der Waals surface area contributed by atoms with Crippen LogP contribution in [0.2, 0.25) is 5.02 Å². The van der Waals surface area contributed by atoms with Crippen molar-refractivity contribution in [1.29, 1.82) is 0 Å². The Morgan fingerprint density at radius 3 is 2.69 bits per heavy atom. The molecule has 0 amide bonds. The number of H-pyrrole nitrogens is 1. The van der Waals surface area contributed by atoms with E-state index in [-0.39, 0.29) is 11.6 Å². The zero-order chi connectivity index (χ0) is 23.5. The summed E-state index contributed by atoms with van der Waals surface area (Å²) in [5.41, 5.74) is 7.77. The molecule has 0 fully saturated rings. The number of benzene rings is 3. The third-order valence-corrected chi connectivity index (χ3v) is 8.20. The van der Waals surface area contributed by atoms with Gasteiger partial charge in [0.2, 0.25) is 0 Å². The highest BCUT2D eigenvalue weighted by molar-refractivity contribution is 7.07. The van der Waals surface area contributed by atoms with E-state index in [2.05, 4.69) is 35.3 Å². The molecule has 3 heterocycles. The molecule has 1 N–H and O–H groups in total. The van der Waals surface area contributed by atoms with Crippen LogP contribution < -0.4 is 14.9 Å². The largest absolute Gasteiger partial charge is 0.361 e. The molecule has 2 aromatic heterocycles. The van der Waals surface area contributed by atoms with Crippen LogP contribution in [0.1, 0.15) is 34.7 Å². The first-order valence-corrected chi connectivity index (χ1v) is 12.8. The van der Waals surface area contributed by atoms with Crippen LogP contribution in [0, 0.1) is 0 Å². The Kier molecular flexibility index (Phi) is 4.69. The Morgan fingerprint density at radius 1 is 1.00 bits per heavy atom. The number of hydrogen-bond acceptors (Lipinski definition) is 3. The molecule has 1 aliphatic heterocycles. The molecule has 0 radical (unpaired) electrons. The summed E-state index contributed by atoms with van der Waals surface area (Å²) in [6, 6.07) is 24.3. The predicted octanol–water partition coefficient (Wildman–Crippen LogP) is 5.45. The fourth-order valence-corrected chi connectivity index (χ4v) is 6.44. The summed E-state index contributed by atoms with van der Waals surface area (Å²) in [5, 5.41) is 1.78. The van der Waals surface area contributed by atoms with Gasteiger partial charge in [-0.1, -0.05) is 77.5 Å². The van der Waals surface area contributed by atoms with Crippen LogP contribution in [-0.2, 0) is 6.42 Å². The van der Waals surface area contributed by atoms with E-state index < -0.39 is 0 Å². The molecule has 0 bridgehead atoms. The number of nitrogens with one attached hydrogen (secondary N) is 1.